The van der Waals surface area contributed by atoms with Crippen molar-refractivity contribution in [3.05, 3.63) is 0 Å². The Kier molecular flexibility index (Phi) is 11.7. The zero-order valence-corrected chi connectivity index (χ0v) is 14.9. The van der Waals surface area contributed by atoms with Gasteiger partial charge in [-0.2, -0.15) is 0 Å². The van der Waals surface area contributed by atoms with E-state index in [4.69, 9.17) is 4.74 Å². The molecule has 0 aliphatic heterocycles. The van der Waals surface area contributed by atoms with E-state index in [-0.39, 0.29) is 24.0 Å². The Labute approximate surface area is 135 Å². The molecule has 0 radical (unpaired) electrons. The summed E-state index contributed by atoms with van der Waals surface area (Å²) in [6, 6.07) is 0. The van der Waals surface area contributed by atoms with Crippen LogP contribution in [0.5, 0.6) is 0 Å². The Balaban J connectivity index is 0.00000324. The Bertz CT molecular complexity index is 249. The lowest BCUT2D eigenvalue weighted by atomic mass is 9.80. The van der Waals surface area contributed by atoms with E-state index in [0.717, 1.165) is 44.1 Å². The molecule has 5 heteroatoms. The monoisotopic (exact) mass is 383 g/mol. The minimum absolute atomic E-state index is 0. The van der Waals surface area contributed by atoms with Crippen molar-refractivity contribution in [2.45, 2.75) is 39.5 Å². The normalized spacial score (nSPS) is 23.6. The number of nitrogens with zero attached hydrogens (tertiary/aromatic N) is 1. The lowest BCUT2D eigenvalue weighted by Gasteiger charge is -2.29. The lowest BCUT2D eigenvalue weighted by Crippen LogP contribution is -2.42. The average molecular weight is 383 g/mol. The van der Waals surface area contributed by atoms with Gasteiger partial charge in [0.25, 0.3) is 0 Å². The van der Waals surface area contributed by atoms with Crippen molar-refractivity contribution >= 4 is 29.9 Å². The maximum atomic E-state index is 5.29. The molecule has 4 nitrogen and oxygen atoms in total. The quantitative estimate of drug-likeness (QED) is 0.321. The van der Waals surface area contributed by atoms with E-state index < -0.39 is 0 Å². The van der Waals surface area contributed by atoms with E-state index >= 15 is 0 Å². The first-order valence-electron chi connectivity index (χ1n) is 7.30. The van der Waals surface area contributed by atoms with Crippen LogP contribution in [0.4, 0.5) is 0 Å². The fraction of sp³-hybridized carbons (Fsp3) is 0.929. The highest BCUT2D eigenvalue weighted by molar-refractivity contribution is 14.0. The minimum atomic E-state index is 0. The number of rotatable bonds is 6. The summed E-state index contributed by atoms with van der Waals surface area (Å²) < 4.78 is 5.29. The molecule has 0 aromatic rings. The van der Waals surface area contributed by atoms with Crippen LogP contribution in [0.2, 0.25) is 0 Å². The first-order valence-corrected chi connectivity index (χ1v) is 7.30. The van der Waals surface area contributed by atoms with Gasteiger partial charge >= 0.3 is 0 Å². The zero-order chi connectivity index (χ0) is 13.2. The second-order valence-electron chi connectivity index (χ2n) is 5.10. The SMILES string of the molecule is CCOCCNC(=NC)NCC1CCCCC1C.I. The van der Waals surface area contributed by atoms with Gasteiger partial charge < -0.3 is 15.4 Å². The van der Waals surface area contributed by atoms with E-state index in [1.807, 2.05) is 14.0 Å². The van der Waals surface area contributed by atoms with Gasteiger partial charge in [0.2, 0.25) is 0 Å². The molecular formula is C14H30IN3O. The second kappa shape index (κ2) is 11.8. The van der Waals surface area contributed by atoms with Crippen molar-refractivity contribution < 1.29 is 4.74 Å². The first kappa shape index (κ1) is 19.0. The lowest BCUT2D eigenvalue weighted by molar-refractivity contribution is 0.152. The summed E-state index contributed by atoms with van der Waals surface area (Å²) in [6.07, 6.45) is 5.51. The molecular weight excluding hydrogens is 353 g/mol. The van der Waals surface area contributed by atoms with Crippen molar-refractivity contribution in [2.75, 3.05) is 33.4 Å². The molecule has 0 bridgehead atoms. The Morgan fingerprint density at radius 3 is 2.63 bits per heavy atom. The van der Waals surface area contributed by atoms with Crippen LogP contribution >= 0.6 is 24.0 Å². The van der Waals surface area contributed by atoms with E-state index in [9.17, 15) is 0 Å². The smallest absolute Gasteiger partial charge is 0.191 e. The maximum absolute atomic E-state index is 5.29. The molecule has 1 rings (SSSR count). The Hall–Kier alpha value is -0.0400. The molecule has 0 saturated heterocycles. The molecule has 2 atom stereocenters. The van der Waals surface area contributed by atoms with Crippen molar-refractivity contribution in [3.63, 3.8) is 0 Å². The van der Waals surface area contributed by atoms with Crippen molar-refractivity contribution in [3.8, 4) is 0 Å². The van der Waals surface area contributed by atoms with Gasteiger partial charge in [0.1, 0.15) is 0 Å². The molecule has 1 fully saturated rings. The number of nitrogens with one attached hydrogen (secondary N) is 2. The van der Waals surface area contributed by atoms with Gasteiger partial charge in [0.05, 0.1) is 6.61 Å². The summed E-state index contributed by atoms with van der Waals surface area (Å²) >= 11 is 0. The largest absolute Gasteiger partial charge is 0.380 e. The van der Waals surface area contributed by atoms with Crippen molar-refractivity contribution in [1.82, 2.24) is 10.6 Å². The van der Waals surface area contributed by atoms with Crippen LogP contribution < -0.4 is 10.6 Å². The average Bonchev–Trinajstić information content (AvgIpc) is 2.40. The second-order valence-corrected chi connectivity index (χ2v) is 5.10. The molecule has 2 unspecified atom stereocenters. The molecule has 1 aliphatic rings. The standard InChI is InChI=1S/C14H29N3O.HI/c1-4-18-10-9-16-14(15-3)17-11-13-8-6-5-7-12(13)2;/h12-13H,4-11H2,1-3H3,(H2,15,16,17);1H. The van der Waals surface area contributed by atoms with Gasteiger partial charge in [-0.25, -0.2) is 0 Å². The van der Waals surface area contributed by atoms with Gasteiger partial charge in [0, 0.05) is 26.7 Å². The number of ether oxygens (including phenoxy) is 1. The number of halogens is 1. The minimum Gasteiger partial charge on any atom is -0.380 e. The number of hydrogen-bond donors (Lipinski definition) is 2. The van der Waals surface area contributed by atoms with Gasteiger partial charge in [-0.1, -0.05) is 26.2 Å². The third-order valence-electron chi connectivity index (χ3n) is 3.79. The zero-order valence-electron chi connectivity index (χ0n) is 12.6. The summed E-state index contributed by atoms with van der Waals surface area (Å²) in [5, 5.41) is 6.70. The summed E-state index contributed by atoms with van der Waals surface area (Å²) in [7, 11) is 1.82. The molecule has 0 spiro atoms. The van der Waals surface area contributed by atoms with Crippen LogP contribution in [-0.2, 0) is 4.74 Å². The predicted octanol–water partition coefficient (Wildman–Crippen LogP) is 2.63. The van der Waals surface area contributed by atoms with E-state index in [1.54, 1.807) is 0 Å². The number of aliphatic imine (C=N–C) groups is 1. The van der Waals surface area contributed by atoms with Crippen LogP contribution in [0.25, 0.3) is 0 Å². The highest BCUT2D eigenvalue weighted by Crippen LogP contribution is 2.28. The number of hydrogen-bond acceptors (Lipinski definition) is 2. The third kappa shape index (κ3) is 7.97. The van der Waals surface area contributed by atoms with Crippen LogP contribution in [0, 0.1) is 11.8 Å². The summed E-state index contributed by atoms with van der Waals surface area (Å²) in [6.45, 7) is 7.74. The van der Waals surface area contributed by atoms with Crippen molar-refractivity contribution in [2.24, 2.45) is 16.8 Å². The van der Waals surface area contributed by atoms with Gasteiger partial charge in [-0.15, -0.1) is 24.0 Å². The Morgan fingerprint density at radius 2 is 2.00 bits per heavy atom. The number of guanidine groups is 1. The molecule has 0 amide bonds. The topological polar surface area (TPSA) is 45.6 Å². The van der Waals surface area contributed by atoms with E-state index in [0.29, 0.717) is 0 Å². The van der Waals surface area contributed by atoms with Crippen LogP contribution in [0.15, 0.2) is 4.99 Å². The molecule has 0 aromatic heterocycles. The maximum Gasteiger partial charge on any atom is 0.191 e. The first-order chi connectivity index (χ1) is 8.77. The summed E-state index contributed by atoms with van der Waals surface area (Å²) in [4.78, 5) is 4.23. The highest BCUT2D eigenvalue weighted by atomic mass is 127. The van der Waals surface area contributed by atoms with Crippen LogP contribution in [-0.4, -0.2) is 39.3 Å². The van der Waals surface area contributed by atoms with E-state index in [2.05, 4.69) is 22.5 Å². The Morgan fingerprint density at radius 1 is 1.26 bits per heavy atom. The van der Waals surface area contributed by atoms with Crippen LogP contribution in [0.1, 0.15) is 39.5 Å². The molecule has 114 valence electrons. The fourth-order valence-electron chi connectivity index (χ4n) is 2.53. The molecule has 19 heavy (non-hydrogen) atoms. The van der Waals surface area contributed by atoms with Gasteiger partial charge in [-0.05, 0) is 25.2 Å². The molecule has 2 N–H and O–H groups in total. The summed E-state index contributed by atoms with van der Waals surface area (Å²) in [5.41, 5.74) is 0. The highest BCUT2D eigenvalue weighted by Gasteiger charge is 2.21. The fourth-order valence-corrected chi connectivity index (χ4v) is 2.53. The molecule has 1 saturated carbocycles. The van der Waals surface area contributed by atoms with Crippen molar-refractivity contribution in [1.29, 1.82) is 0 Å². The van der Waals surface area contributed by atoms with Crippen LogP contribution in [0.3, 0.4) is 0 Å². The van der Waals surface area contributed by atoms with E-state index in [1.165, 1.54) is 25.7 Å². The molecule has 1 aliphatic carbocycles. The predicted molar refractivity (Wildman–Crippen MR) is 92.4 cm³/mol. The molecule has 0 aromatic carbocycles. The van der Waals surface area contributed by atoms with Gasteiger partial charge in [-0.3, -0.25) is 4.99 Å². The third-order valence-corrected chi connectivity index (χ3v) is 3.79. The molecule has 0 heterocycles. The van der Waals surface area contributed by atoms with Gasteiger partial charge in [0.15, 0.2) is 5.96 Å². The summed E-state index contributed by atoms with van der Waals surface area (Å²) in [5.74, 6) is 2.53.